The fourth-order valence-corrected chi connectivity index (χ4v) is 9.68. The van der Waals surface area contributed by atoms with Gasteiger partial charge in [-0.25, -0.2) is 18.4 Å². The van der Waals surface area contributed by atoms with Gasteiger partial charge < -0.3 is 14.8 Å². The Morgan fingerprint density at radius 2 is 1.44 bits per heavy atom. The molecule has 8 rings (SSSR count). The molecule has 10 heteroatoms. The smallest absolute Gasteiger partial charge is 0.331 e. The number of urea groups is 1. The number of fused-ring (bicyclic) bond motifs is 3. The van der Waals surface area contributed by atoms with Crippen molar-refractivity contribution in [3.63, 3.8) is 0 Å². The number of hydrogen-bond acceptors (Lipinski definition) is 6. The average molecular weight is 688 g/mol. The van der Waals surface area contributed by atoms with Gasteiger partial charge in [0.1, 0.15) is 10.4 Å². The summed E-state index contributed by atoms with van der Waals surface area (Å²) < 4.78 is 38.0. The predicted octanol–water partition coefficient (Wildman–Crippen LogP) is 7.21. The highest BCUT2D eigenvalue weighted by molar-refractivity contribution is 7.92. The molecule has 2 amide bonds. The lowest BCUT2D eigenvalue weighted by atomic mass is 9.78. The first-order valence-electron chi connectivity index (χ1n) is 17.4. The van der Waals surface area contributed by atoms with E-state index in [0.717, 1.165) is 60.9 Å². The molecule has 0 radical (unpaired) electrons. The van der Waals surface area contributed by atoms with Crippen LogP contribution in [-0.4, -0.2) is 39.8 Å². The maximum Gasteiger partial charge on any atom is 0.331 e. The van der Waals surface area contributed by atoms with E-state index >= 15 is 4.21 Å². The van der Waals surface area contributed by atoms with Gasteiger partial charge in [-0.3, -0.25) is 0 Å². The number of anilines is 1. The van der Waals surface area contributed by atoms with Gasteiger partial charge in [0.25, 0.3) is 0 Å². The Hall–Kier alpha value is -4.93. The van der Waals surface area contributed by atoms with Gasteiger partial charge in [0.2, 0.25) is 5.88 Å². The van der Waals surface area contributed by atoms with Crippen LogP contribution in [-0.2, 0) is 52.4 Å². The Morgan fingerprint density at radius 3 is 1.98 bits per heavy atom. The second-order valence-electron chi connectivity index (χ2n) is 13.2. The molecule has 0 spiro atoms. The molecule has 1 aromatic heterocycles. The third-order valence-electron chi connectivity index (χ3n) is 10.2. The number of benzene rings is 4. The summed E-state index contributed by atoms with van der Waals surface area (Å²) in [6.07, 6.45) is 7.94. The highest BCUT2D eigenvalue weighted by Gasteiger charge is 2.41. The van der Waals surface area contributed by atoms with Crippen LogP contribution in [0.2, 0.25) is 0 Å². The van der Waals surface area contributed by atoms with Crippen molar-refractivity contribution < 1.29 is 18.5 Å². The number of nitrogens with one attached hydrogen (secondary N) is 2. The van der Waals surface area contributed by atoms with Gasteiger partial charge in [-0.1, -0.05) is 97.1 Å². The zero-order chi connectivity index (χ0) is 34.1. The number of methoxy groups -OCH3 is 1. The number of rotatable bonds is 8. The van der Waals surface area contributed by atoms with Crippen molar-refractivity contribution in [3.05, 3.63) is 142 Å². The van der Waals surface area contributed by atoms with Gasteiger partial charge in [0.05, 0.1) is 25.5 Å². The number of aromatic nitrogens is 2. The molecule has 3 aliphatic rings. The van der Waals surface area contributed by atoms with Crippen LogP contribution in [0.25, 0.3) is 0 Å². The maximum atomic E-state index is 16.1. The monoisotopic (exact) mass is 687 g/mol. The normalized spacial score (nSPS) is 17.7. The number of amides is 2. The Labute approximate surface area is 293 Å². The summed E-state index contributed by atoms with van der Waals surface area (Å²) in [5, 5.41) is 7.81. The van der Waals surface area contributed by atoms with Crippen LogP contribution in [0.4, 0.5) is 10.5 Å². The Kier molecular flexibility index (Phi) is 8.66. The van der Waals surface area contributed by atoms with Gasteiger partial charge >= 0.3 is 6.03 Å². The molecule has 256 valence electrons. The Balaban J connectivity index is 1.35. The minimum Gasteiger partial charge on any atom is -0.477 e. The van der Waals surface area contributed by atoms with Gasteiger partial charge in [-0.15, -0.1) is 0 Å². The predicted molar refractivity (Wildman–Crippen MR) is 194 cm³/mol. The summed E-state index contributed by atoms with van der Waals surface area (Å²) in [7, 11) is -2.18. The highest BCUT2D eigenvalue weighted by Crippen LogP contribution is 2.44. The van der Waals surface area contributed by atoms with Crippen LogP contribution in [0.3, 0.4) is 0 Å². The van der Waals surface area contributed by atoms with Crippen LogP contribution in [0.15, 0.2) is 113 Å². The number of ether oxygens (including phenoxy) is 2. The second kappa shape index (κ2) is 13.4. The van der Waals surface area contributed by atoms with Crippen molar-refractivity contribution >= 4 is 21.6 Å². The molecule has 2 aliphatic carbocycles. The molecule has 2 heterocycles. The lowest BCUT2D eigenvalue weighted by Crippen LogP contribution is -2.38. The van der Waals surface area contributed by atoms with E-state index in [1.54, 1.807) is 11.8 Å². The van der Waals surface area contributed by atoms with E-state index in [9.17, 15) is 4.79 Å². The second-order valence-corrected chi connectivity index (χ2v) is 15.1. The SMILES string of the molecule is COC1CCOc2c(S(=O)(=NC(c3ccccc3)(c3ccccc3)c3ccccc3)NC(=O)Nc3c4c(cc5c3CCC5)CCC4)cnn2C1. The summed E-state index contributed by atoms with van der Waals surface area (Å²) in [5.41, 5.74) is 6.92. The third kappa shape index (κ3) is 5.76. The Bertz CT molecular complexity index is 2010. The van der Waals surface area contributed by atoms with E-state index in [4.69, 9.17) is 13.8 Å². The van der Waals surface area contributed by atoms with Crippen molar-refractivity contribution in [2.75, 3.05) is 19.0 Å². The number of hydrogen-bond donors (Lipinski definition) is 2. The summed E-state index contributed by atoms with van der Waals surface area (Å²) >= 11 is 0. The Morgan fingerprint density at radius 1 is 0.880 bits per heavy atom. The molecule has 4 aromatic carbocycles. The van der Waals surface area contributed by atoms with E-state index in [-0.39, 0.29) is 11.0 Å². The van der Waals surface area contributed by atoms with Crippen molar-refractivity contribution in [3.8, 4) is 5.88 Å². The van der Waals surface area contributed by atoms with E-state index in [0.29, 0.717) is 25.5 Å². The third-order valence-corrected chi connectivity index (χ3v) is 12.1. The molecule has 2 N–H and O–H groups in total. The first-order chi connectivity index (χ1) is 24.5. The van der Waals surface area contributed by atoms with Crippen molar-refractivity contribution in [1.29, 1.82) is 0 Å². The van der Waals surface area contributed by atoms with E-state index < -0.39 is 21.5 Å². The molecular formula is C40H41N5O4S. The summed E-state index contributed by atoms with van der Waals surface area (Å²) in [4.78, 5) is 14.6. The molecule has 2 atom stereocenters. The molecule has 0 bridgehead atoms. The van der Waals surface area contributed by atoms with Gasteiger partial charge in [-0.05, 0) is 77.5 Å². The zero-order valence-electron chi connectivity index (χ0n) is 28.1. The van der Waals surface area contributed by atoms with E-state index in [1.165, 1.54) is 28.5 Å². The fraction of sp³-hybridized carbons (Fsp3) is 0.300. The van der Waals surface area contributed by atoms with Crippen LogP contribution in [0.1, 0.15) is 58.2 Å². The quantitative estimate of drug-likeness (QED) is 0.168. The summed E-state index contributed by atoms with van der Waals surface area (Å²) in [5.74, 6) is 0.308. The molecule has 9 nitrogen and oxygen atoms in total. The summed E-state index contributed by atoms with van der Waals surface area (Å²) in [6, 6.07) is 31.2. The largest absolute Gasteiger partial charge is 0.477 e. The number of carbonyl (C=O) groups is 1. The molecule has 1 aliphatic heterocycles. The number of aryl methyl sites for hydroxylation is 2. The maximum absolute atomic E-state index is 16.1. The fourth-order valence-electron chi connectivity index (χ4n) is 7.83. The molecule has 0 saturated carbocycles. The van der Waals surface area contributed by atoms with Gasteiger partial charge in [-0.2, -0.15) is 9.46 Å². The molecule has 0 saturated heterocycles. The van der Waals surface area contributed by atoms with Crippen LogP contribution < -0.4 is 14.8 Å². The van der Waals surface area contributed by atoms with Crippen molar-refractivity contribution in [1.82, 2.24) is 14.5 Å². The molecule has 50 heavy (non-hydrogen) atoms. The lowest BCUT2D eigenvalue weighted by Gasteiger charge is -2.33. The van der Waals surface area contributed by atoms with Crippen LogP contribution in [0, 0.1) is 0 Å². The molecule has 0 fully saturated rings. The first-order valence-corrected chi connectivity index (χ1v) is 18.9. The van der Waals surface area contributed by atoms with Crippen molar-refractivity contribution in [2.45, 2.75) is 68.0 Å². The van der Waals surface area contributed by atoms with Gasteiger partial charge in [0, 0.05) is 19.2 Å². The minimum atomic E-state index is -3.84. The van der Waals surface area contributed by atoms with Gasteiger partial charge in [0.15, 0.2) is 9.92 Å². The minimum absolute atomic E-state index is 0.132. The standard InChI is InChI=1S/C40H41N5O4S/c1-48-33-23-24-49-38-36(26-41-45(38)27-33)50(47,43-39(46)42-37-34-21-11-13-28(34)25-29-14-12-22-35(29)37)44-40(30-15-5-2-6-16-30,31-17-7-3-8-18-31)32-19-9-4-10-20-32/h2-10,15-20,25-26,33H,11-14,21-24,27H2,1H3,(H2,42,43,44,46,47). The van der Waals surface area contributed by atoms with Crippen LogP contribution in [0.5, 0.6) is 5.88 Å². The summed E-state index contributed by atoms with van der Waals surface area (Å²) in [6.45, 7) is 0.749. The van der Waals surface area contributed by atoms with E-state index in [2.05, 4.69) is 21.2 Å². The molecule has 2 unspecified atom stereocenters. The number of nitrogens with zero attached hydrogens (tertiary/aromatic N) is 3. The first kappa shape index (κ1) is 32.3. The topological polar surface area (TPSA) is 107 Å². The molecular weight excluding hydrogens is 647 g/mol. The van der Waals surface area contributed by atoms with Crippen molar-refractivity contribution in [2.24, 2.45) is 4.36 Å². The lowest BCUT2D eigenvalue weighted by molar-refractivity contribution is 0.0775. The van der Waals surface area contributed by atoms with E-state index in [1.807, 2.05) is 91.0 Å². The molecule has 5 aromatic rings. The average Bonchev–Trinajstić information content (AvgIpc) is 3.89. The van der Waals surface area contributed by atoms with Crippen LogP contribution >= 0.6 is 0 Å². The highest BCUT2D eigenvalue weighted by atomic mass is 32.2. The zero-order valence-corrected chi connectivity index (χ0v) is 29.0. The number of carbonyl (C=O) groups excluding carboxylic acids is 1.